The summed E-state index contributed by atoms with van der Waals surface area (Å²) in [6, 6.07) is 0.168. The van der Waals surface area contributed by atoms with E-state index in [4.69, 9.17) is 5.11 Å². The summed E-state index contributed by atoms with van der Waals surface area (Å²) in [5, 5.41) is 14.9. The van der Waals surface area contributed by atoms with E-state index < -0.39 is 0 Å². The van der Waals surface area contributed by atoms with Crippen LogP contribution in [0.25, 0.3) is 0 Å². The van der Waals surface area contributed by atoms with Gasteiger partial charge >= 0.3 is 0 Å². The van der Waals surface area contributed by atoms with Crippen LogP contribution in [0.15, 0.2) is 0 Å². The maximum absolute atomic E-state index is 11.4. The van der Waals surface area contributed by atoms with Crippen LogP contribution in [-0.4, -0.2) is 36.8 Å². The van der Waals surface area contributed by atoms with E-state index in [9.17, 15) is 4.79 Å². The van der Waals surface area contributed by atoms with Gasteiger partial charge in [0.05, 0.1) is 6.54 Å². The number of aliphatic hydroxyl groups excluding tert-OH is 1. The third kappa shape index (κ3) is 5.14. The number of nitrogens with one attached hydrogen (secondary N) is 2. The van der Waals surface area contributed by atoms with Crippen LogP contribution in [0, 0.1) is 11.8 Å². The van der Waals surface area contributed by atoms with E-state index in [1.54, 1.807) is 0 Å². The van der Waals surface area contributed by atoms with Crippen molar-refractivity contribution in [3.05, 3.63) is 0 Å². The SMILES string of the molecule is CC(CO)C(C)NCC(=O)NCC1CC1. The lowest BCUT2D eigenvalue weighted by Gasteiger charge is -2.18. The van der Waals surface area contributed by atoms with Crippen molar-refractivity contribution < 1.29 is 9.90 Å². The first-order valence-corrected chi connectivity index (χ1v) is 5.74. The van der Waals surface area contributed by atoms with Crippen molar-refractivity contribution in [2.45, 2.75) is 32.7 Å². The molecule has 0 aromatic rings. The molecule has 4 heteroatoms. The fourth-order valence-corrected chi connectivity index (χ4v) is 1.26. The maximum Gasteiger partial charge on any atom is 0.233 e. The highest BCUT2D eigenvalue weighted by Crippen LogP contribution is 2.27. The smallest absolute Gasteiger partial charge is 0.233 e. The molecule has 0 aliphatic heterocycles. The molecule has 1 amide bonds. The summed E-state index contributed by atoms with van der Waals surface area (Å²) < 4.78 is 0. The van der Waals surface area contributed by atoms with Crippen LogP contribution < -0.4 is 10.6 Å². The Morgan fingerprint density at radius 2 is 2.13 bits per heavy atom. The summed E-state index contributed by atoms with van der Waals surface area (Å²) >= 11 is 0. The van der Waals surface area contributed by atoms with Crippen LogP contribution in [0.3, 0.4) is 0 Å². The van der Waals surface area contributed by atoms with Gasteiger partial charge in [-0.2, -0.15) is 0 Å². The quantitative estimate of drug-likeness (QED) is 0.564. The summed E-state index contributed by atoms with van der Waals surface area (Å²) in [7, 11) is 0. The van der Waals surface area contributed by atoms with Crippen LogP contribution >= 0.6 is 0 Å². The Balaban J connectivity index is 2.03. The second kappa shape index (κ2) is 6.08. The van der Waals surface area contributed by atoms with Gasteiger partial charge in [0, 0.05) is 19.2 Å². The Morgan fingerprint density at radius 3 is 2.67 bits per heavy atom. The molecule has 3 N–H and O–H groups in total. The van der Waals surface area contributed by atoms with Gasteiger partial charge < -0.3 is 15.7 Å². The zero-order chi connectivity index (χ0) is 11.3. The zero-order valence-electron chi connectivity index (χ0n) is 9.62. The topological polar surface area (TPSA) is 61.4 Å². The molecule has 0 saturated heterocycles. The third-order valence-corrected chi connectivity index (χ3v) is 3.01. The highest BCUT2D eigenvalue weighted by molar-refractivity contribution is 5.78. The van der Waals surface area contributed by atoms with Crippen LogP contribution in [0.4, 0.5) is 0 Å². The Morgan fingerprint density at radius 1 is 1.47 bits per heavy atom. The molecular weight excluding hydrogens is 192 g/mol. The average molecular weight is 214 g/mol. The number of amides is 1. The van der Waals surface area contributed by atoms with E-state index in [-0.39, 0.29) is 24.5 Å². The Bertz CT molecular complexity index is 205. The molecule has 15 heavy (non-hydrogen) atoms. The van der Waals surface area contributed by atoms with Gasteiger partial charge in [0.1, 0.15) is 0 Å². The minimum atomic E-state index is 0.0545. The average Bonchev–Trinajstić information content (AvgIpc) is 3.05. The molecule has 4 nitrogen and oxygen atoms in total. The molecule has 1 saturated carbocycles. The lowest BCUT2D eigenvalue weighted by molar-refractivity contribution is -0.120. The van der Waals surface area contributed by atoms with Crippen LogP contribution in [0.2, 0.25) is 0 Å². The van der Waals surface area contributed by atoms with Gasteiger partial charge in [0.2, 0.25) is 5.91 Å². The monoisotopic (exact) mass is 214 g/mol. The number of rotatable bonds is 7. The molecule has 1 fully saturated rings. The van der Waals surface area contributed by atoms with Crippen LogP contribution in [0.5, 0.6) is 0 Å². The van der Waals surface area contributed by atoms with Gasteiger partial charge in [-0.05, 0) is 31.6 Å². The fourth-order valence-electron chi connectivity index (χ4n) is 1.26. The van der Waals surface area contributed by atoms with Gasteiger partial charge in [-0.25, -0.2) is 0 Å². The number of hydrogen-bond donors (Lipinski definition) is 3. The van der Waals surface area contributed by atoms with Gasteiger partial charge in [-0.15, -0.1) is 0 Å². The number of aliphatic hydroxyl groups is 1. The summed E-state index contributed by atoms with van der Waals surface area (Å²) in [5.41, 5.74) is 0. The van der Waals surface area contributed by atoms with Crippen molar-refractivity contribution in [3.8, 4) is 0 Å². The lowest BCUT2D eigenvalue weighted by Crippen LogP contribution is -2.41. The minimum Gasteiger partial charge on any atom is -0.396 e. The highest BCUT2D eigenvalue weighted by atomic mass is 16.3. The Labute approximate surface area is 91.4 Å². The maximum atomic E-state index is 11.4. The van der Waals surface area contributed by atoms with E-state index in [2.05, 4.69) is 10.6 Å². The molecule has 0 radical (unpaired) electrons. The fraction of sp³-hybridized carbons (Fsp3) is 0.909. The van der Waals surface area contributed by atoms with Crippen molar-refractivity contribution in [1.82, 2.24) is 10.6 Å². The standard InChI is InChI=1S/C11H22N2O2/c1-8(7-14)9(2)12-6-11(15)13-5-10-3-4-10/h8-10,12,14H,3-7H2,1-2H3,(H,13,15). The molecule has 0 aromatic carbocycles. The molecule has 0 spiro atoms. The molecular formula is C11H22N2O2. The highest BCUT2D eigenvalue weighted by Gasteiger charge is 2.21. The van der Waals surface area contributed by atoms with Crippen LogP contribution in [0.1, 0.15) is 26.7 Å². The molecule has 2 atom stereocenters. The van der Waals surface area contributed by atoms with E-state index in [1.165, 1.54) is 12.8 Å². The lowest BCUT2D eigenvalue weighted by atomic mass is 10.1. The molecule has 88 valence electrons. The van der Waals surface area contributed by atoms with E-state index in [1.807, 2.05) is 13.8 Å². The van der Waals surface area contributed by atoms with Gasteiger partial charge in [0.15, 0.2) is 0 Å². The summed E-state index contributed by atoms with van der Waals surface area (Å²) in [4.78, 5) is 11.4. The summed E-state index contributed by atoms with van der Waals surface area (Å²) in [6.45, 7) is 5.26. The zero-order valence-corrected chi connectivity index (χ0v) is 9.62. The minimum absolute atomic E-state index is 0.0545. The first-order chi connectivity index (χ1) is 7.13. The van der Waals surface area contributed by atoms with E-state index >= 15 is 0 Å². The molecule has 1 rings (SSSR count). The normalized spacial score (nSPS) is 19.7. The van der Waals surface area contributed by atoms with Crippen LogP contribution in [-0.2, 0) is 4.79 Å². The number of hydrogen-bond acceptors (Lipinski definition) is 3. The predicted octanol–water partition coefficient (Wildman–Crippen LogP) is 0.119. The first-order valence-electron chi connectivity index (χ1n) is 5.74. The van der Waals surface area contributed by atoms with E-state index in [0.717, 1.165) is 12.5 Å². The largest absolute Gasteiger partial charge is 0.396 e. The van der Waals surface area contributed by atoms with Gasteiger partial charge in [-0.3, -0.25) is 4.79 Å². The molecule has 0 heterocycles. The van der Waals surface area contributed by atoms with Crippen molar-refractivity contribution in [1.29, 1.82) is 0 Å². The van der Waals surface area contributed by atoms with Gasteiger partial charge in [0.25, 0.3) is 0 Å². The second-order valence-electron chi connectivity index (χ2n) is 4.58. The molecule has 0 bridgehead atoms. The summed E-state index contributed by atoms with van der Waals surface area (Å²) in [6.07, 6.45) is 2.51. The van der Waals surface area contributed by atoms with Gasteiger partial charge in [-0.1, -0.05) is 6.92 Å². The molecule has 2 unspecified atom stereocenters. The third-order valence-electron chi connectivity index (χ3n) is 3.01. The first kappa shape index (κ1) is 12.5. The van der Waals surface area contributed by atoms with Crippen molar-refractivity contribution in [2.75, 3.05) is 19.7 Å². The second-order valence-corrected chi connectivity index (χ2v) is 4.58. The Kier molecular flexibility index (Phi) is 5.05. The Hall–Kier alpha value is -0.610. The predicted molar refractivity (Wildman–Crippen MR) is 59.4 cm³/mol. The molecule has 1 aliphatic rings. The number of carbonyl (C=O) groups excluding carboxylic acids is 1. The van der Waals surface area contributed by atoms with Crippen molar-refractivity contribution in [3.63, 3.8) is 0 Å². The van der Waals surface area contributed by atoms with E-state index in [0.29, 0.717) is 6.54 Å². The van der Waals surface area contributed by atoms with Crippen molar-refractivity contribution in [2.24, 2.45) is 11.8 Å². The molecule has 1 aliphatic carbocycles. The van der Waals surface area contributed by atoms with Crippen molar-refractivity contribution >= 4 is 5.91 Å². The summed E-state index contributed by atoms with van der Waals surface area (Å²) in [5.74, 6) is 0.961. The number of carbonyl (C=O) groups is 1. The molecule has 0 aromatic heterocycles.